The molecule has 0 saturated heterocycles. The SMILES string of the molecule is COc1ccc(NC(=O)[C@@]2(CC(=O)[O-])CC(C3=Cc4ccccc4OC3)=NO2)cc1. The minimum absolute atomic E-state index is 0.0136. The van der Waals surface area contributed by atoms with Gasteiger partial charge in [0, 0.05) is 35.6 Å². The van der Waals surface area contributed by atoms with E-state index in [4.69, 9.17) is 14.3 Å². The van der Waals surface area contributed by atoms with E-state index in [0.29, 0.717) is 17.1 Å². The van der Waals surface area contributed by atoms with Crippen molar-refractivity contribution in [1.82, 2.24) is 0 Å². The number of carboxylic acid groups (broad SMARTS) is 1. The molecule has 0 bridgehead atoms. The Morgan fingerprint density at radius 2 is 1.97 bits per heavy atom. The lowest BCUT2D eigenvalue weighted by molar-refractivity contribution is -0.309. The van der Waals surface area contributed by atoms with Crippen molar-refractivity contribution < 1.29 is 29.0 Å². The van der Waals surface area contributed by atoms with E-state index >= 15 is 0 Å². The third-order valence-corrected chi connectivity index (χ3v) is 4.98. The Labute approximate surface area is 172 Å². The predicted octanol–water partition coefficient (Wildman–Crippen LogP) is 1.76. The van der Waals surface area contributed by atoms with Crippen LogP contribution in [0.3, 0.4) is 0 Å². The van der Waals surface area contributed by atoms with Crippen LogP contribution in [0.4, 0.5) is 5.69 Å². The Balaban J connectivity index is 1.54. The van der Waals surface area contributed by atoms with Gasteiger partial charge in [-0.15, -0.1) is 0 Å². The zero-order valence-corrected chi connectivity index (χ0v) is 16.2. The molecule has 0 spiro atoms. The maximum atomic E-state index is 13.0. The molecule has 1 amide bonds. The van der Waals surface area contributed by atoms with Crippen LogP contribution in [0.2, 0.25) is 0 Å². The zero-order valence-electron chi connectivity index (χ0n) is 16.2. The molecule has 2 heterocycles. The van der Waals surface area contributed by atoms with Crippen molar-refractivity contribution in [1.29, 1.82) is 0 Å². The summed E-state index contributed by atoms with van der Waals surface area (Å²) in [4.78, 5) is 29.8. The molecule has 30 heavy (non-hydrogen) atoms. The van der Waals surface area contributed by atoms with Crippen LogP contribution in [0, 0.1) is 0 Å². The first-order valence-corrected chi connectivity index (χ1v) is 9.32. The van der Waals surface area contributed by atoms with Crippen molar-refractivity contribution >= 4 is 29.4 Å². The molecule has 0 unspecified atom stereocenters. The molecule has 0 radical (unpaired) electrons. The van der Waals surface area contributed by atoms with Gasteiger partial charge in [-0.3, -0.25) is 4.79 Å². The number of oxime groups is 1. The summed E-state index contributed by atoms with van der Waals surface area (Å²) in [5, 5.41) is 18.1. The minimum Gasteiger partial charge on any atom is -0.550 e. The predicted molar refractivity (Wildman–Crippen MR) is 107 cm³/mol. The van der Waals surface area contributed by atoms with Crippen molar-refractivity contribution in [3.63, 3.8) is 0 Å². The van der Waals surface area contributed by atoms with Crippen LogP contribution in [0.5, 0.6) is 11.5 Å². The van der Waals surface area contributed by atoms with Crippen LogP contribution in [0.1, 0.15) is 18.4 Å². The summed E-state index contributed by atoms with van der Waals surface area (Å²) in [5.41, 5.74) is 0.847. The Hall–Kier alpha value is -3.81. The van der Waals surface area contributed by atoms with E-state index in [9.17, 15) is 14.7 Å². The molecule has 1 N–H and O–H groups in total. The molecule has 2 aromatic rings. The average Bonchev–Trinajstić information content (AvgIpc) is 3.18. The van der Waals surface area contributed by atoms with E-state index in [1.165, 1.54) is 7.11 Å². The molecule has 8 nitrogen and oxygen atoms in total. The molecule has 0 aliphatic carbocycles. The maximum Gasteiger partial charge on any atom is 0.272 e. The number of hydrogen-bond acceptors (Lipinski definition) is 7. The highest BCUT2D eigenvalue weighted by Crippen LogP contribution is 2.34. The van der Waals surface area contributed by atoms with Gasteiger partial charge in [-0.1, -0.05) is 23.4 Å². The van der Waals surface area contributed by atoms with Crippen LogP contribution in [0.15, 0.2) is 59.3 Å². The number of benzene rings is 2. The summed E-state index contributed by atoms with van der Waals surface area (Å²) >= 11 is 0. The number of amides is 1. The van der Waals surface area contributed by atoms with Crippen molar-refractivity contribution in [2.75, 3.05) is 19.0 Å². The van der Waals surface area contributed by atoms with Crippen LogP contribution >= 0.6 is 0 Å². The van der Waals surface area contributed by atoms with Gasteiger partial charge in [0.15, 0.2) is 0 Å². The highest BCUT2D eigenvalue weighted by Gasteiger charge is 2.47. The van der Waals surface area contributed by atoms with Crippen LogP contribution < -0.4 is 19.9 Å². The second kappa shape index (κ2) is 7.90. The molecule has 154 valence electrons. The standard InChI is InChI=1S/C22H20N2O6/c1-28-17-8-6-16(7-9-17)23-21(27)22(12-20(25)26)11-18(24-30-22)15-10-14-4-2-3-5-19(14)29-13-15/h2-10H,11-13H2,1H3,(H,23,27)(H,25,26)/p-1/t22-/m0/s1. The summed E-state index contributed by atoms with van der Waals surface area (Å²) < 4.78 is 10.8. The van der Waals surface area contributed by atoms with Gasteiger partial charge in [0.1, 0.15) is 18.1 Å². The first-order valence-electron chi connectivity index (χ1n) is 9.32. The number of nitrogens with zero attached hydrogens (tertiary/aromatic N) is 1. The fraction of sp³-hybridized carbons (Fsp3) is 0.227. The Bertz CT molecular complexity index is 1040. The summed E-state index contributed by atoms with van der Waals surface area (Å²) in [6.45, 7) is 0.251. The number of rotatable bonds is 6. The third-order valence-electron chi connectivity index (χ3n) is 4.98. The minimum atomic E-state index is -1.70. The number of carboxylic acids is 1. The molecular weight excluding hydrogens is 388 g/mol. The molecule has 2 aliphatic heterocycles. The van der Waals surface area contributed by atoms with Gasteiger partial charge in [0.2, 0.25) is 5.60 Å². The van der Waals surface area contributed by atoms with E-state index < -0.39 is 23.9 Å². The fourth-order valence-corrected chi connectivity index (χ4v) is 3.38. The molecule has 4 rings (SSSR count). The normalized spacial score (nSPS) is 19.5. The number of para-hydroxylation sites is 1. The highest BCUT2D eigenvalue weighted by molar-refractivity contribution is 6.11. The van der Waals surface area contributed by atoms with E-state index in [-0.39, 0.29) is 13.0 Å². The number of carbonyl (C=O) groups excluding carboxylic acids is 2. The second-order valence-corrected chi connectivity index (χ2v) is 7.03. The molecule has 1 atom stereocenters. The number of aliphatic carboxylic acids is 1. The van der Waals surface area contributed by atoms with Gasteiger partial charge in [0.25, 0.3) is 5.91 Å². The largest absolute Gasteiger partial charge is 0.550 e. The lowest BCUT2D eigenvalue weighted by Gasteiger charge is -2.26. The van der Waals surface area contributed by atoms with E-state index in [0.717, 1.165) is 16.9 Å². The van der Waals surface area contributed by atoms with Gasteiger partial charge in [-0.05, 0) is 36.4 Å². The lowest BCUT2D eigenvalue weighted by Crippen LogP contribution is -2.47. The van der Waals surface area contributed by atoms with Crippen LogP contribution in [0.25, 0.3) is 6.08 Å². The number of ether oxygens (including phenoxy) is 2. The summed E-state index contributed by atoms with van der Waals surface area (Å²) in [7, 11) is 1.54. The van der Waals surface area contributed by atoms with Gasteiger partial charge in [-0.2, -0.15) is 0 Å². The Kier molecular flexibility index (Phi) is 5.14. The average molecular weight is 407 g/mol. The topological polar surface area (TPSA) is 109 Å². The van der Waals surface area contributed by atoms with Crippen LogP contribution in [-0.4, -0.2) is 36.9 Å². The van der Waals surface area contributed by atoms with Crippen molar-refractivity contribution in [2.24, 2.45) is 5.16 Å². The number of methoxy groups -OCH3 is 1. The van der Waals surface area contributed by atoms with Gasteiger partial charge in [0.05, 0.1) is 12.8 Å². The molecule has 8 heteroatoms. The number of carbonyl (C=O) groups is 2. The first-order chi connectivity index (χ1) is 14.5. The molecule has 0 fully saturated rings. The smallest absolute Gasteiger partial charge is 0.272 e. The molecule has 0 aromatic heterocycles. The molecule has 2 aliphatic rings. The maximum absolute atomic E-state index is 13.0. The molecule has 0 saturated carbocycles. The number of hydrogen-bond donors (Lipinski definition) is 1. The van der Waals surface area contributed by atoms with E-state index in [1.54, 1.807) is 24.3 Å². The van der Waals surface area contributed by atoms with Gasteiger partial charge >= 0.3 is 0 Å². The molecule has 2 aromatic carbocycles. The van der Waals surface area contributed by atoms with Gasteiger partial charge in [-0.25, -0.2) is 0 Å². The first kappa shape index (κ1) is 19.5. The summed E-state index contributed by atoms with van der Waals surface area (Å²) in [6.07, 6.45) is 1.25. The second-order valence-electron chi connectivity index (χ2n) is 7.03. The quantitative estimate of drug-likeness (QED) is 0.782. The summed E-state index contributed by atoms with van der Waals surface area (Å²) in [6, 6.07) is 14.2. The van der Waals surface area contributed by atoms with Crippen molar-refractivity contribution in [3.05, 3.63) is 59.7 Å². The Morgan fingerprint density at radius 1 is 1.20 bits per heavy atom. The summed E-state index contributed by atoms with van der Waals surface area (Å²) in [5.74, 6) is -0.646. The van der Waals surface area contributed by atoms with Crippen molar-refractivity contribution in [3.8, 4) is 11.5 Å². The van der Waals surface area contributed by atoms with Crippen LogP contribution in [-0.2, 0) is 14.4 Å². The van der Waals surface area contributed by atoms with Crippen molar-refractivity contribution in [2.45, 2.75) is 18.4 Å². The fourth-order valence-electron chi connectivity index (χ4n) is 3.38. The Morgan fingerprint density at radius 3 is 2.70 bits per heavy atom. The monoisotopic (exact) mass is 407 g/mol. The molecular formula is C22H19N2O6-. The zero-order chi connectivity index (χ0) is 21.1. The number of nitrogens with one attached hydrogen (secondary N) is 1. The van der Waals surface area contributed by atoms with E-state index in [2.05, 4.69) is 10.5 Å². The number of fused-ring (bicyclic) bond motifs is 1. The third kappa shape index (κ3) is 3.84. The lowest BCUT2D eigenvalue weighted by atomic mass is 9.89. The highest BCUT2D eigenvalue weighted by atomic mass is 16.7. The number of anilines is 1. The van der Waals surface area contributed by atoms with Gasteiger partial charge < -0.3 is 29.5 Å². The van der Waals surface area contributed by atoms with E-state index in [1.807, 2.05) is 30.3 Å².